The van der Waals surface area contributed by atoms with Gasteiger partial charge in [0.15, 0.2) is 0 Å². The number of carbonyl (C=O) groups excluding carboxylic acids is 1. The van der Waals surface area contributed by atoms with Gasteiger partial charge in [0.2, 0.25) is 5.91 Å². The average molecular weight is 342 g/mol. The zero-order valence-electron chi connectivity index (χ0n) is 12.1. The van der Waals surface area contributed by atoms with Gasteiger partial charge in [-0.2, -0.15) is 0 Å². The molecular formula is C16H17ClFNO2S. The van der Waals surface area contributed by atoms with Crippen LogP contribution >= 0.6 is 22.9 Å². The molecule has 1 aromatic carbocycles. The van der Waals surface area contributed by atoms with Gasteiger partial charge in [-0.05, 0) is 35.6 Å². The molecule has 118 valence electrons. The SMILES string of the molecule is CC(Cc1cccs1)C(=O)NCC(O)c1ccc(Cl)c(F)c1. The van der Waals surface area contributed by atoms with Crippen LogP contribution in [0.5, 0.6) is 0 Å². The van der Waals surface area contributed by atoms with Gasteiger partial charge in [0, 0.05) is 17.3 Å². The molecule has 0 saturated heterocycles. The maximum atomic E-state index is 13.3. The number of aliphatic hydroxyl groups excluding tert-OH is 1. The molecule has 0 aliphatic carbocycles. The van der Waals surface area contributed by atoms with Crippen molar-refractivity contribution in [1.29, 1.82) is 0 Å². The Hall–Kier alpha value is -1.43. The van der Waals surface area contributed by atoms with Gasteiger partial charge in [-0.25, -0.2) is 4.39 Å². The molecule has 0 fully saturated rings. The van der Waals surface area contributed by atoms with Crippen molar-refractivity contribution in [2.24, 2.45) is 5.92 Å². The van der Waals surface area contributed by atoms with Crippen molar-refractivity contribution in [1.82, 2.24) is 5.32 Å². The zero-order chi connectivity index (χ0) is 16.1. The molecule has 0 spiro atoms. The van der Waals surface area contributed by atoms with Crippen LogP contribution in [-0.2, 0) is 11.2 Å². The van der Waals surface area contributed by atoms with E-state index in [2.05, 4.69) is 5.32 Å². The summed E-state index contributed by atoms with van der Waals surface area (Å²) in [6.45, 7) is 1.87. The highest BCUT2D eigenvalue weighted by Gasteiger charge is 2.16. The third-order valence-electron chi connectivity index (χ3n) is 3.33. The predicted octanol–water partition coefficient (Wildman–Crippen LogP) is 3.57. The van der Waals surface area contributed by atoms with Crippen LogP contribution in [-0.4, -0.2) is 17.6 Å². The number of amides is 1. The van der Waals surface area contributed by atoms with Crippen LogP contribution in [0.2, 0.25) is 5.02 Å². The second-order valence-corrected chi connectivity index (χ2v) is 6.56. The Morgan fingerprint density at radius 1 is 1.45 bits per heavy atom. The molecule has 2 unspecified atom stereocenters. The van der Waals surface area contributed by atoms with Crippen molar-refractivity contribution in [3.05, 3.63) is 57.0 Å². The number of hydrogen-bond acceptors (Lipinski definition) is 3. The van der Waals surface area contributed by atoms with Gasteiger partial charge in [0.05, 0.1) is 11.1 Å². The molecule has 0 radical (unpaired) electrons. The van der Waals surface area contributed by atoms with Gasteiger partial charge < -0.3 is 10.4 Å². The van der Waals surface area contributed by atoms with E-state index in [-0.39, 0.29) is 23.4 Å². The van der Waals surface area contributed by atoms with Crippen LogP contribution < -0.4 is 5.32 Å². The van der Waals surface area contributed by atoms with Gasteiger partial charge in [-0.1, -0.05) is 30.7 Å². The quantitative estimate of drug-likeness (QED) is 0.844. The Labute approximate surface area is 137 Å². The molecule has 2 aromatic rings. The smallest absolute Gasteiger partial charge is 0.223 e. The topological polar surface area (TPSA) is 49.3 Å². The summed E-state index contributed by atoms with van der Waals surface area (Å²) in [5.74, 6) is -0.912. The van der Waals surface area contributed by atoms with Crippen LogP contribution in [0.4, 0.5) is 4.39 Å². The van der Waals surface area contributed by atoms with E-state index in [1.165, 1.54) is 18.2 Å². The highest BCUT2D eigenvalue weighted by atomic mass is 35.5. The Kier molecular flexibility index (Phi) is 5.94. The van der Waals surface area contributed by atoms with Crippen molar-refractivity contribution in [2.45, 2.75) is 19.4 Å². The van der Waals surface area contributed by atoms with Crippen molar-refractivity contribution in [2.75, 3.05) is 6.54 Å². The fourth-order valence-corrected chi connectivity index (χ4v) is 2.99. The van der Waals surface area contributed by atoms with E-state index in [9.17, 15) is 14.3 Å². The molecule has 2 N–H and O–H groups in total. The van der Waals surface area contributed by atoms with E-state index in [0.29, 0.717) is 12.0 Å². The molecule has 1 aromatic heterocycles. The normalized spacial score (nSPS) is 13.6. The second-order valence-electron chi connectivity index (χ2n) is 5.12. The van der Waals surface area contributed by atoms with Crippen LogP contribution in [0.1, 0.15) is 23.5 Å². The lowest BCUT2D eigenvalue weighted by Crippen LogP contribution is -2.33. The summed E-state index contributed by atoms with van der Waals surface area (Å²) in [7, 11) is 0. The highest BCUT2D eigenvalue weighted by Crippen LogP contribution is 2.20. The molecule has 2 atom stereocenters. The molecule has 22 heavy (non-hydrogen) atoms. The molecule has 1 amide bonds. The number of hydrogen-bond donors (Lipinski definition) is 2. The van der Waals surface area contributed by atoms with Crippen molar-refractivity contribution >= 4 is 28.8 Å². The summed E-state index contributed by atoms with van der Waals surface area (Å²) in [4.78, 5) is 13.2. The van der Waals surface area contributed by atoms with Crippen LogP contribution in [0.25, 0.3) is 0 Å². The molecule has 0 aliphatic rings. The van der Waals surface area contributed by atoms with E-state index in [4.69, 9.17) is 11.6 Å². The average Bonchev–Trinajstić information content (AvgIpc) is 3.00. The Balaban J connectivity index is 1.85. The zero-order valence-corrected chi connectivity index (χ0v) is 13.6. The number of thiophene rings is 1. The maximum Gasteiger partial charge on any atom is 0.223 e. The Morgan fingerprint density at radius 3 is 2.86 bits per heavy atom. The maximum absolute atomic E-state index is 13.3. The molecule has 0 bridgehead atoms. The lowest BCUT2D eigenvalue weighted by Gasteiger charge is -2.15. The molecular weight excluding hydrogens is 325 g/mol. The summed E-state index contributed by atoms with van der Waals surface area (Å²) in [5, 5.41) is 14.7. The van der Waals surface area contributed by atoms with Gasteiger partial charge in [0.25, 0.3) is 0 Å². The second kappa shape index (κ2) is 7.72. The number of halogens is 2. The van der Waals surface area contributed by atoms with Crippen LogP contribution in [0, 0.1) is 11.7 Å². The van der Waals surface area contributed by atoms with Gasteiger partial charge in [-0.3, -0.25) is 4.79 Å². The minimum absolute atomic E-state index is 0.00422. The van der Waals surface area contributed by atoms with Gasteiger partial charge >= 0.3 is 0 Å². The third-order valence-corrected chi connectivity index (χ3v) is 4.54. The van der Waals surface area contributed by atoms with Crippen LogP contribution in [0.3, 0.4) is 0 Å². The molecule has 0 aliphatic heterocycles. The largest absolute Gasteiger partial charge is 0.387 e. The summed E-state index contributed by atoms with van der Waals surface area (Å²) < 4.78 is 13.3. The summed E-state index contributed by atoms with van der Waals surface area (Å²) in [6.07, 6.45) is -0.306. The number of carbonyl (C=O) groups is 1. The third kappa shape index (κ3) is 4.53. The highest BCUT2D eigenvalue weighted by molar-refractivity contribution is 7.09. The van der Waals surface area contributed by atoms with Gasteiger partial charge in [0.1, 0.15) is 5.82 Å². The standard InChI is InChI=1S/C16H17ClFNO2S/c1-10(7-12-3-2-6-22-12)16(21)19-9-15(20)11-4-5-13(17)14(18)8-11/h2-6,8,10,15,20H,7,9H2,1H3,(H,19,21). The lowest BCUT2D eigenvalue weighted by molar-refractivity contribution is -0.124. The minimum Gasteiger partial charge on any atom is -0.387 e. The summed E-state index contributed by atoms with van der Waals surface area (Å²) >= 11 is 7.21. The number of nitrogens with one attached hydrogen (secondary N) is 1. The van der Waals surface area contributed by atoms with Crippen molar-refractivity contribution < 1.29 is 14.3 Å². The van der Waals surface area contributed by atoms with E-state index in [1.807, 2.05) is 24.4 Å². The monoisotopic (exact) mass is 341 g/mol. The van der Waals surface area contributed by atoms with Gasteiger partial charge in [-0.15, -0.1) is 11.3 Å². The number of benzene rings is 1. The van der Waals surface area contributed by atoms with E-state index >= 15 is 0 Å². The Morgan fingerprint density at radius 2 is 2.23 bits per heavy atom. The van der Waals surface area contributed by atoms with E-state index in [1.54, 1.807) is 11.3 Å². The van der Waals surface area contributed by atoms with Crippen molar-refractivity contribution in [3.8, 4) is 0 Å². The van der Waals surface area contributed by atoms with E-state index in [0.717, 1.165) is 4.88 Å². The molecule has 3 nitrogen and oxygen atoms in total. The predicted molar refractivity (Wildman–Crippen MR) is 86.6 cm³/mol. The van der Waals surface area contributed by atoms with E-state index < -0.39 is 11.9 Å². The number of rotatable bonds is 6. The Bertz CT molecular complexity index is 633. The molecule has 1 heterocycles. The molecule has 0 saturated carbocycles. The minimum atomic E-state index is -0.968. The first-order valence-electron chi connectivity index (χ1n) is 6.90. The fraction of sp³-hybridized carbons (Fsp3) is 0.312. The first-order chi connectivity index (χ1) is 10.5. The molecule has 2 rings (SSSR count). The summed E-state index contributed by atoms with van der Waals surface area (Å²) in [5.41, 5.74) is 0.383. The summed E-state index contributed by atoms with van der Waals surface area (Å²) in [6, 6.07) is 8.03. The molecule has 6 heteroatoms. The number of aliphatic hydroxyl groups is 1. The lowest BCUT2D eigenvalue weighted by atomic mass is 10.1. The fourth-order valence-electron chi connectivity index (χ4n) is 2.03. The van der Waals surface area contributed by atoms with Crippen molar-refractivity contribution in [3.63, 3.8) is 0 Å². The first-order valence-corrected chi connectivity index (χ1v) is 8.16. The van der Waals surface area contributed by atoms with Crippen LogP contribution in [0.15, 0.2) is 35.7 Å². The first kappa shape index (κ1) is 16.9.